The quantitative estimate of drug-likeness (QED) is 0.278. The van der Waals surface area contributed by atoms with Crippen LogP contribution in [0.25, 0.3) is 21.8 Å². The van der Waals surface area contributed by atoms with Gasteiger partial charge >= 0.3 is 6.03 Å². The summed E-state index contributed by atoms with van der Waals surface area (Å²) in [6, 6.07) is 14.7. The van der Waals surface area contributed by atoms with Crippen LogP contribution in [0, 0.1) is 17.2 Å². The van der Waals surface area contributed by atoms with Gasteiger partial charge in [0.15, 0.2) is 5.13 Å². The third kappa shape index (κ3) is 5.27. The molecule has 0 saturated carbocycles. The van der Waals surface area contributed by atoms with Crippen LogP contribution in [-0.4, -0.2) is 52.2 Å². The van der Waals surface area contributed by atoms with Gasteiger partial charge in [-0.15, -0.1) is 11.3 Å². The Bertz CT molecular complexity index is 1680. The molecule has 4 heterocycles. The van der Waals surface area contributed by atoms with E-state index in [1.54, 1.807) is 36.1 Å². The lowest BCUT2D eigenvalue weighted by molar-refractivity contribution is 0.160. The van der Waals surface area contributed by atoms with Crippen LogP contribution in [0.15, 0.2) is 66.4 Å². The average Bonchev–Trinajstić information content (AvgIpc) is 3.62. The van der Waals surface area contributed by atoms with Crippen molar-refractivity contribution in [2.75, 3.05) is 32.1 Å². The molecular weight excluding hydrogens is 512 g/mol. The molecule has 1 saturated heterocycles. The molecule has 0 unspecified atom stereocenters. The number of hydrogen-bond donors (Lipinski definition) is 1. The van der Waals surface area contributed by atoms with E-state index in [1.165, 1.54) is 15.9 Å². The number of pyridine rings is 1. The highest BCUT2D eigenvalue weighted by atomic mass is 32.1. The van der Waals surface area contributed by atoms with Gasteiger partial charge in [0, 0.05) is 40.8 Å². The zero-order valence-corrected chi connectivity index (χ0v) is 22.1. The third-order valence-corrected chi connectivity index (χ3v) is 7.68. The molecule has 0 radical (unpaired) electrons. The molecule has 10 heteroatoms. The van der Waals surface area contributed by atoms with Crippen LogP contribution >= 0.6 is 11.3 Å². The van der Waals surface area contributed by atoms with Crippen molar-refractivity contribution >= 4 is 44.3 Å². The lowest BCUT2D eigenvalue weighted by Crippen LogP contribution is -2.32. The number of carbonyl (C=O) groups excluding carboxylic acids is 1. The monoisotopic (exact) mass is 538 g/mol. The summed E-state index contributed by atoms with van der Waals surface area (Å²) < 4.78 is 13.9. The van der Waals surface area contributed by atoms with Crippen molar-refractivity contribution in [1.82, 2.24) is 19.4 Å². The molecule has 196 valence electrons. The fraction of sp³-hybridized carbons (Fsp3) is 0.241. The van der Waals surface area contributed by atoms with Crippen LogP contribution in [0.4, 0.5) is 9.93 Å². The van der Waals surface area contributed by atoms with Gasteiger partial charge in [-0.25, -0.2) is 9.78 Å². The molecule has 39 heavy (non-hydrogen) atoms. The summed E-state index contributed by atoms with van der Waals surface area (Å²) in [7, 11) is 2.14. The zero-order chi connectivity index (χ0) is 26.8. The Balaban J connectivity index is 1.22. The number of fused-ring (bicyclic) bond motifs is 2. The standard InChI is InChI=1S/C29H26N6O3S/c1-34-10-5-19(6-11-34)18-37-27-16-24-23(15-21(27)17-30)26(4-8-31-24)38-22-2-3-25-20(14-22)7-12-35(25)29(36)33-28-32-9-13-39-28/h2-4,7-9,12-16,19H,5-6,10-11,18H2,1H3,(H,32,33,36). The highest BCUT2D eigenvalue weighted by molar-refractivity contribution is 7.13. The van der Waals surface area contributed by atoms with Gasteiger partial charge in [0.1, 0.15) is 23.3 Å². The van der Waals surface area contributed by atoms with Crippen LogP contribution in [0.1, 0.15) is 18.4 Å². The first-order valence-electron chi connectivity index (χ1n) is 12.7. The molecule has 9 nitrogen and oxygen atoms in total. The molecule has 3 aromatic heterocycles. The van der Waals surface area contributed by atoms with Gasteiger partial charge in [-0.1, -0.05) is 0 Å². The molecule has 6 rings (SSSR count). The van der Waals surface area contributed by atoms with E-state index in [0.29, 0.717) is 46.0 Å². The van der Waals surface area contributed by atoms with Crippen molar-refractivity contribution in [3.8, 4) is 23.3 Å². The summed E-state index contributed by atoms with van der Waals surface area (Å²) in [5, 5.41) is 16.5. The summed E-state index contributed by atoms with van der Waals surface area (Å²) in [5.74, 6) is 2.22. The number of amides is 1. The summed E-state index contributed by atoms with van der Waals surface area (Å²) in [5.41, 5.74) is 1.89. The van der Waals surface area contributed by atoms with Crippen LogP contribution in [-0.2, 0) is 0 Å². The summed E-state index contributed by atoms with van der Waals surface area (Å²) in [6.07, 6.45) is 7.22. The SMILES string of the molecule is CN1CCC(COc2cc3nccc(Oc4ccc5c(ccn5C(=O)Nc5nccs5)c4)c3cc2C#N)CC1. The lowest BCUT2D eigenvalue weighted by atomic mass is 9.98. The second-order valence-corrected chi connectivity index (χ2v) is 10.5. The maximum Gasteiger partial charge on any atom is 0.332 e. The number of aromatic nitrogens is 3. The van der Waals surface area contributed by atoms with E-state index < -0.39 is 0 Å². The minimum Gasteiger partial charge on any atom is -0.492 e. The average molecular weight is 539 g/mol. The van der Waals surface area contributed by atoms with Crippen molar-refractivity contribution in [3.63, 3.8) is 0 Å². The first-order chi connectivity index (χ1) is 19.1. The highest BCUT2D eigenvalue weighted by Gasteiger charge is 2.19. The van der Waals surface area contributed by atoms with Gasteiger partial charge in [-0.05, 0) is 75.3 Å². The summed E-state index contributed by atoms with van der Waals surface area (Å²) in [4.78, 5) is 23.6. The first kappa shape index (κ1) is 24.9. The minimum atomic E-state index is -0.286. The molecule has 1 amide bonds. The van der Waals surface area contributed by atoms with Gasteiger partial charge in [0.25, 0.3) is 0 Å². The maximum absolute atomic E-state index is 12.7. The Kier molecular flexibility index (Phi) is 6.84. The molecule has 2 aromatic carbocycles. The number of rotatable bonds is 6. The van der Waals surface area contributed by atoms with E-state index in [1.807, 2.05) is 30.3 Å². The summed E-state index contributed by atoms with van der Waals surface area (Å²) in [6.45, 7) is 2.72. The van der Waals surface area contributed by atoms with E-state index in [-0.39, 0.29) is 6.03 Å². The molecule has 0 aliphatic carbocycles. The largest absolute Gasteiger partial charge is 0.492 e. The highest BCUT2D eigenvalue weighted by Crippen LogP contribution is 2.34. The van der Waals surface area contributed by atoms with Crippen molar-refractivity contribution in [3.05, 3.63) is 72.0 Å². The Morgan fingerprint density at radius 2 is 2.00 bits per heavy atom. The normalized spacial score (nSPS) is 14.4. The molecular formula is C29H26N6O3S. The smallest absolute Gasteiger partial charge is 0.332 e. The van der Waals surface area contributed by atoms with Gasteiger partial charge in [0.05, 0.1) is 23.2 Å². The van der Waals surface area contributed by atoms with E-state index >= 15 is 0 Å². The molecule has 0 spiro atoms. The van der Waals surface area contributed by atoms with Gasteiger partial charge in [-0.2, -0.15) is 5.26 Å². The molecule has 0 bridgehead atoms. The Labute approximate surface area is 229 Å². The molecule has 1 N–H and O–H groups in total. The van der Waals surface area contributed by atoms with Gasteiger partial charge in [-0.3, -0.25) is 14.9 Å². The number of piperidine rings is 1. The zero-order valence-electron chi connectivity index (χ0n) is 21.3. The maximum atomic E-state index is 12.7. The number of benzene rings is 2. The fourth-order valence-electron chi connectivity index (χ4n) is 4.81. The number of thiazole rings is 1. The fourth-order valence-corrected chi connectivity index (χ4v) is 5.32. The van der Waals surface area contributed by atoms with Crippen molar-refractivity contribution in [2.24, 2.45) is 5.92 Å². The molecule has 1 aliphatic rings. The van der Waals surface area contributed by atoms with Crippen molar-refractivity contribution in [1.29, 1.82) is 5.26 Å². The minimum absolute atomic E-state index is 0.286. The number of nitrogens with one attached hydrogen (secondary N) is 1. The number of ether oxygens (including phenoxy) is 2. The van der Waals surface area contributed by atoms with Crippen molar-refractivity contribution < 1.29 is 14.3 Å². The molecule has 5 aromatic rings. The van der Waals surface area contributed by atoms with Crippen LogP contribution in [0.3, 0.4) is 0 Å². The van der Waals surface area contributed by atoms with Crippen LogP contribution < -0.4 is 14.8 Å². The van der Waals surface area contributed by atoms with E-state index in [4.69, 9.17) is 9.47 Å². The number of anilines is 1. The Hall–Kier alpha value is -4.46. The number of nitriles is 1. The second-order valence-electron chi connectivity index (χ2n) is 9.62. The second kappa shape index (κ2) is 10.7. The third-order valence-electron chi connectivity index (χ3n) is 6.99. The number of likely N-dealkylation sites (tertiary alicyclic amines) is 1. The topological polar surface area (TPSA) is 105 Å². The lowest BCUT2D eigenvalue weighted by Gasteiger charge is -2.28. The van der Waals surface area contributed by atoms with Crippen LogP contribution in [0.2, 0.25) is 0 Å². The Morgan fingerprint density at radius 3 is 2.79 bits per heavy atom. The first-order valence-corrected chi connectivity index (χ1v) is 13.6. The summed E-state index contributed by atoms with van der Waals surface area (Å²) >= 11 is 1.36. The van der Waals surface area contributed by atoms with Crippen molar-refractivity contribution in [2.45, 2.75) is 12.8 Å². The molecule has 0 atom stereocenters. The number of nitrogens with zero attached hydrogens (tertiary/aromatic N) is 5. The molecule has 1 fully saturated rings. The van der Waals surface area contributed by atoms with E-state index in [9.17, 15) is 10.1 Å². The number of hydrogen-bond acceptors (Lipinski definition) is 8. The predicted molar refractivity (Wildman–Crippen MR) is 151 cm³/mol. The molecule has 1 aliphatic heterocycles. The predicted octanol–water partition coefficient (Wildman–Crippen LogP) is 6.11. The Morgan fingerprint density at radius 1 is 1.13 bits per heavy atom. The van der Waals surface area contributed by atoms with Gasteiger partial charge in [0.2, 0.25) is 0 Å². The van der Waals surface area contributed by atoms with E-state index in [0.717, 1.165) is 42.2 Å². The van der Waals surface area contributed by atoms with E-state index in [2.05, 4.69) is 33.3 Å². The van der Waals surface area contributed by atoms with Gasteiger partial charge < -0.3 is 14.4 Å². The van der Waals surface area contributed by atoms with Crippen LogP contribution in [0.5, 0.6) is 17.2 Å². The number of carbonyl (C=O) groups is 1.